The molecule has 2 rings (SSSR count). The molecule has 0 aliphatic carbocycles. The van der Waals surface area contributed by atoms with Gasteiger partial charge in [0.15, 0.2) is 5.03 Å². The lowest BCUT2D eigenvalue weighted by molar-refractivity contribution is 0.475. The Hall–Kier alpha value is -1.86. The minimum atomic E-state index is -3.68. The summed E-state index contributed by atoms with van der Waals surface area (Å²) in [6.07, 6.45) is 1.44. The maximum absolute atomic E-state index is 12.1. The Morgan fingerprint density at radius 3 is 2.74 bits per heavy atom. The number of nitrogens with one attached hydrogen (secondary N) is 2. The van der Waals surface area contributed by atoms with E-state index in [1.165, 1.54) is 6.20 Å². The van der Waals surface area contributed by atoms with Gasteiger partial charge in [0.1, 0.15) is 11.5 Å². The van der Waals surface area contributed by atoms with E-state index in [-0.39, 0.29) is 11.6 Å². The normalized spacial score (nSPS) is 11.5. The first-order valence-electron chi connectivity index (χ1n) is 5.70. The van der Waals surface area contributed by atoms with E-state index in [9.17, 15) is 8.42 Å². The van der Waals surface area contributed by atoms with E-state index in [0.29, 0.717) is 11.4 Å². The zero-order chi connectivity index (χ0) is 13.9. The molecule has 0 aliphatic rings. The predicted octanol–water partition coefficient (Wildman–Crippen LogP) is 1.50. The van der Waals surface area contributed by atoms with E-state index in [1.54, 1.807) is 38.2 Å². The third-order valence-electron chi connectivity index (χ3n) is 2.53. The zero-order valence-corrected chi connectivity index (χ0v) is 11.5. The monoisotopic (exact) mass is 281 g/mol. The molecule has 2 heterocycles. The molecule has 0 bridgehead atoms. The van der Waals surface area contributed by atoms with Crippen LogP contribution in [0.3, 0.4) is 0 Å². The molecular weight excluding hydrogens is 266 g/mol. The highest BCUT2D eigenvalue weighted by Gasteiger charge is 2.19. The predicted molar refractivity (Wildman–Crippen MR) is 71.3 cm³/mol. The molecule has 0 unspecified atom stereocenters. The lowest BCUT2D eigenvalue weighted by Gasteiger charge is -2.08. The van der Waals surface area contributed by atoms with Crippen molar-refractivity contribution in [1.82, 2.24) is 9.71 Å². The molecular formula is C12H15N3O3S. The summed E-state index contributed by atoms with van der Waals surface area (Å²) in [7, 11) is -2.03. The van der Waals surface area contributed by atoms with Crippen LogP contribution in [0.15, 0.2) is 39.9 Å². The van der Waals surface area contributed by atoms with Gasteiger partial charge in [0.25, 0.3) is 10.0 Å². The van der Waals surface area contributed by atoms with Gasteiger partial charge in [-0.05, 0) is 31.2 Å². The number of pyridine rings is 1. The van der Waals surface area contributed by atoms with Gasteiger partial charge in [0.05, 0.1) is 12.2 Å². The van der Waals surface area contributed by atoms with Crippen LogP contribution < -0.4 is 10.0 Å². The van der Waals surface area contributed by atoms with Gasteiger partial charge in [-0.25, -0.2) is 18.1 Å². The standard InChI is InChI=1S/C12H15N3O3S/c1-9-5-6-10(18-9)8-15-19(16,17)12-11(13-2)4-3-7-14-12/h3-7,13,15H,8H2,1-2H3. The fraction of sp³-hybridized carbons (Fsp3) is 0.250. The molecule has 0 aromatic carbocycles. The second-order valence-electron chi connectivity index (χ2n) is 3.94. The number of hydrogen-bond donors (Lipinski definition) is 2. The zero-order valence-electron chi connectivity index (χ0n) is 10.7. The molecule has 102 valence electrons. The van der Waals surface area contributed by atoms with Crippen molar-refractivity contribution in [3.8, 4) is 0 Å². The van der Waals surface area contributed by atoms with Crippen LogP contribution in [0.5, 0.6) is 0 Å². The minimum absolute atomic E-state index is 0.0271. The van der Waals surface area contributed by atoms with Crippen LogP contribution in [-0.4, -0.2) is 20.4 Å². The highest BCUT2D eigenvalue weighted by molar-refractivity contribution is 7.89. The van der Waals surface area contributed by atoms with Crippen molar-refractivity contribution in [2.75, 3.05) is 12.4 Å². The second-order valence-corrected chi connectivity index (χ2v) is 5.63. The molecule has 6 nitrogen and oxygen atoms in total. The first-order valence-corrected chi connectivity index (χ1v) is 7.19. The third-order valence-corrected chi connectivity index (χ3v) is 3.89. The van der Waals surface area contributed by atoms with Gasteiger partial charge >= 0.3 is 0 Å². The van der Waals surface area contributed by atoms with Crippen LogP contribution >= 0.6 is 0 Å². The van der Waals surface area contributed by atoms with Crippen molar-refractivity contribution in [3.63, 3.8) is 0 Å². The number of sulfonamides is 1. The molecule has 0 saturated carbocycles. The van der Waals surface area contributed by atoms with Gasteiger partial charge in [-0.3, -0.25) is 0 Å². The van der Waals surface area contributed by atoms with Gasteiger partial charge in [-0.15, -0.1) is 0 Å². The quantitative estimate of drug-likeness (QED) is 0.867. The number of nitrogens with zero attached hydrogens (tertiary/aromatic N) is 1. The summed E-state index contributed by atoms with van der Waals surface area (Å²) in [6.45, 7) is 1.89. The van der Waals surface area contributed by atoms with E-state index in [0.717, 1.165) is 5.76 Å². The van der Waals surface area contributed by atoms with Crippen LogP contribution in [0.25, 0.3) is 0 Å². The first kappa shape index (κ1) is 13.6. The van der Waals surface area contributed by atoms with Crippen LogP contribution in [-0.2, 0) is 16.6 Å². The smallest absolute Gasteiger partial charge is 0.260 e. The fourth-order valence-electron chi connectivity index (χ4n) is 1.61. The summed E-state index contributed by atoms with van der Waals surface area (Å²) in [4.78, 5) is 3.90. The largest absolute Gasteiger partial charge is 0.465 e. The van der Waals surface area contributed by atoms with Gasteiger partial charge in [0, 0.05) is 13.2 Å². The molecule has 19 heavy (non-hydrogen) atoms. The van der Waals surface area contributed by atoms with Crippen molar-refractivity contribution < 1.29 is 12.8 Å². The van der Waals surface area contributed by atoms with Crippen LogP contribution in [0, 0.1) is 6.92 Å². The number of anilines is 1. The van der Waals surface area contributed by atoms with Crippen molar-refractivity contribution in [2.45, 2.75) is 18.5 Å². The van der Waals surface area contributed by atoms with Crippen LogP contribution in [0.1, 0.15) is 11.5 Å². The maximum atomic E-state index is 12.1. The van der Waals surface area contributed by atoms with E-state index in [4.69, 9.17) is 4.42 Å². The Morgan fingerprint density at radius 2 is 2.11 bits per heavy atom. The van der Waals surface area contributed by atoms with E-state index in [1.807, 2.05) is 0 Å². The highest BCUT2D eigenvalue weighted by atomic mass is 32.2. The Kier molecular flexibility index (Phi) is 3.87. The third kappa shape index (κ3) is 3.12. The Morgan fingerprint density at radius 1 is 1.32 bits per heavy atom. The van der Waals surface area contributed by atoms with E-state index >= 15 is 0 Å². The van der Waals surface area contributed by atoms with Crippen molar-refractivity contribution >= 4 is 15.7 Å². The summed E-state index contributed by atoms with van der Waals surface area (Å²) in [5.41, 5.74) is 0.450. The minimum Gasteiger partial charge on any atom is -0.465 e. The molecule has 2 aromatic heterocycles. The number of rotatable bonds is 5. The average molecular weight is 281 g/mol. The molecule has 0 saturated heterocycles. The molecule has 2 aromatic rings. The van der Waals surface area contributed by atoms with Crippen molar-refractivity contribution in [2.24, 2.45) is 0 Å². The topological polar surface area (TPSA) is 84.2 Å². The lowest BCUT2D eigenvalue weighted by atomic mass is 10.4. The molecule has 2 N–H and O–H groups in total. The van der Waals surface area contributed by atoms with Crippen LogP contribution in [0.4, 0.5) is 5.69 Å². The van der Waals surface area contributed by atoms with Gasteiger partial charge in [-0.1, -0.05) is 0 Å². The van der Waals surface area contributed by atoms with Crippen molar-refractivity contribution in [3.05, 3.63) is 42.0 Å². The molecule has 0 aliphatic heterocycles. The number of aromatic nitrogens is 1. The highest BCUT2D eigenvalue weighted by Crippen LogP contribution is 2.17. The molecule has 0 atom stereocenters. The molecule has 0 radical (unpaired) electrons. The summed E-state index contributed by atoms with van der Waals surface area (Å²) < 4.78 is 32.0. The Balaban J connectivity index is 2.18. The summed E-state index contributed by atoms with van der Waals surface area (Å²) in [5, 5.41) is 2.77. The Labute approximate surface area is 111 Å². The molecule has 0 spiro atoms. The molecule has 7 heteroatoms. The lowest BCUT2D eigenvalue weighted by Crippen LogP contribution is -2.24. The fourth-order valence-corrected chi connectivity index (χ4v) is 2.74. The number of furan rings is 1. The first-order chi connectivity index (χ1) is 9.03. The van der Waals surface area contributed by atoms with Crippen LogP contribution in [0.2, 0.25) is 0 Å². The Bertz CT molecular complexity index is 664. The summed E-state index contributed by atoms with van der Waals surface area (Å²) in [5.74, 6) is 1.30. The number of aryl methyl sites for hydroxylation is 1. The van der Waals surface area contributed by atoms with Gasteiger partial charge in [-0.2, -0.15) is 0 Å². The second kappa shape index (κ2) is 5.41. The van der Waals surface area contributed by atoms with Crippen molar-refractivity contribution in [1.29, 1.82) is 0 Å². The molecule has 0 fully saturated rings. The van der Waals surface area contributed by atoms with Gasteiger partial charge in [0.2, 0.25) is 0 Å². The summed E-state index contributed by atoms with van der Waals surface area (Å²) in [6, 6.07) is 6.83. The summed E-state index contributed by atoms with van der Waals surface area (Å²) >= 11 is 0. The van der Waals surface area contributed by atoms with Gasteiger partial charge < -0.3 is 9.73 Å². The number of hydrogen-bond acceptors (Lipinski definition) is 5. The molecule has 0 amide bonds. The van der Waals surface area contributed by atoms with E-state index in [2.05, 4.69) is 15.0 Å². The van der Waals surface area contributed by atoms with E-state index < -0.39 is 10.0 Å². The SMILES string of the molecule is CNc1cccnc1S(=O)(=O)NCc1ccc(C)o1. The average Bonchev–Trinajstić information content (AvgIpc) is 2.82. The maximum Gasteiger partial charge on any atom is 0.260 e.